The molecular weight excluding hydrogens is 244 g/mol. The Hall–Kier alpha value is -1.02. The zero-order valence-corrected chi connectivity index (χ0v) is 14.1. The van der Waals surface area contributed by atoms with Crippen LogP contribution in [0.15, 0.2) is 24.3 Å². The highest BCUT2D eigenvalue weighted by Gasteiger charge is 2.17. The summed E-state index contributed by atoms with van der Waals surface area (Å²) in [5.41, 5.74) is 2.76. The van der Waals surface area contributed by atoms with E-state index in [0.29, 0.717) is 12.0 Å². The van der Waals surface area contributed by atoms with Gasteiger partial charge in [-0.1, -0.05) is 39.8 Å². The summed E-state index contributed by atoms with van der Waals surface area (Å²) in [5.74, 6) is 0.702. The van der Waals surface area contributed by atoms with E-state index in [1.54, 1.807) is 0 Å². The minimum atomic E-state index is 0.109. The molecule has 1 aromatic rings. The summed E-state index contributed by atoms with van der Waals surface area (Å²) in [6.07, 6.45) is 2.25. The molecule has 0 aliphatic carbocycles. The number of hydrogen-bond donors (Lipinski definition) is 2. The maximum atomic E-state index is 3.67. The van der Waals surface area contributed by atoms with Gasteiger partial charge in [-0.25, -0.2) is 0 Å². The van der Waals surface area contributed by atoms with Crippen molar-refractivity contribution in [3.63, 3.8) is 0 Å². The largest absolute Gasteiger partial charge is 0.380 e. The molecule has 2 N–H and O–H groups in total. The third-order valence-corrected chi connectivity index (χ3v) is 3.36. The molecule has 0 fully saturated rings. The molecule has 2 heteroatoms. The van der Waals surface area contributed by atoms with Gasteiger partial charge < -0.3 is 10.6 Å². The zero-order chi connectivity index (χ0) is 15.2. The standard InChI is InChI=1S/C18H32N2/c1-14(2)12-16-8-7-9-17(13-16)20-18(5,6)10-11-19-15(3)4/h7-9,13-15,19-20H,10-12H2,1-6H3. The Morgan fingerprint density at radius 1 is 1.10 bits per heavy atom. The summed E-state index contributed by atoms with van der Waals surface area (Å²) in [5, 5.41) is 7.15. The number of rotatable bonds is 8. The summed E-state index contributed by atoms with van der Waals surface area (Å²) >= 11 is 0. The van der Waals surface area contributed by atoms with Crippen LogP contribution in [0.5, 0.6) is 0 Å². The van der Waals surface area contributed by atoms with Crippen LogP contribution in [0, 0.1) is 5.92 Å². The van der Waals surface area contributed by atoms with Gasteiger partial charge in [-0.15, -0.1) is 0 Å². The van der Waals surface area contributed by atoms with Gasteiger partial charge >= 0.3 is 0 Å². The first-order valence-electron chi connectivity index (χ1n) is 7.89. The van der Waals surface area contributed by atoms with E-state index in [4.69, 9.17) is 0 Å². The van der Waals surface area contributed by atoms with Crippen molar-refractivity contribution in [3.05, 3.63) is 29.8 Å². The molecule has 1 aromatic carbocycles. The molecule has 20 heavy (non-hydrogen) atoms. The fourth-order valence-electron chi connectivity index (χ4n) is 2.37. The van der Waals surface area contributed by atoms with Crippen molar-refractivity contribution in [2.45, 2.75) is 66.0 Å². The molecule has 0 atom stereocenters. The second kappa shape index (κ2) is 7.68. The van der Waals surface area contributed by atoms with Crippen LogP contribution in [0.4, 0.5) is 5.69 Å². The Labute approximate surface area is 125 Å². The lowest BCUT2D eigenvalue weighted by Gasteiger charge is -2.28. The van der Waals surface area contributed by atoms with Crippen LogP contribution < -0.4 is 10.6 Å². The summed E-state index contributed by atoms with van der Waals surface area (Å²) in [6, 6.07) is 9.39. The summed E-state index contributed by atoms with van der Waals surface area (Å²) in [4.78, 5) is 0. The van der Waals surface area contributed by atoms with Crippen molar-refractivity contribution in [3.8, 4) is 0 Å². The molecule has 2 nitrogen and oxygen atoms in total. The minimum Gasteiger partial charge on any atom is -0.380 e. The molecule has 114 valence electrons. The van der Waals surface area contributed by atoms with Gasteiger partial charge in [0.2, 0.25) is 0 Å². The molecule has 0 amide bonds. The van der Waals surface area contributed by atoms with Gasteiger partial charge in [-0.3, -0.25) is 0 Å². The Kier molecular flexibility index (Phi) is 6.54. The number of nitrogens with one attached hydrogen (secondary N) is 2. The Balaban J connectivity index is 2.57. The first-order chi connectivity index (χ1) is 9.28. The topological polar surface area (TPSA) is 24.1 Å². The van der Waals surface area contributed by atoms with Crippen LogP contribution >= 0.6 is 0 Å². The Morgan fingerprint density at radius 2 is 1.80 bits per heavy atom. The van der Waals surface area contributed by atoms with Crippen LogP contribution in [-0.2, 0) is 6.42 Å². The SMILES string of the molecule is CC(C)Cc1cccc(NC(C)(C)CCNC(C)C)c1. The van der Waals surface area contributed by atoms with E-state index in [1.807, 2.05) is 0 Å². The van der Waals surface area contributed by atoms with E-state index in [-0.39, 0.29) is 5.54 Å². The lowest BCUT2D eigenvalue weighted by Crippen LogP contribution is -2.36. The number of benzene rings is 1. The van der Waals surface area contributed by atoms with Crippen molar-refractivity contribution in [2.75, 3.05) is 11.9 Å². The first kappa shape index (κ1) is 17.0. The fourth-order valence-corrected chi connectivity index (χ4v) is 2.37. The molecule has 0 saturated carbocycles. The van der Waals surface area contributed by atoms with E-state index in [1.165, 1.54) is 11.3 Å². The van der Waals surface area contributed by atoms with Crippen LogP contribution in [-0.4, -0.2) is 18.1 Å². The second-order valence-electron chi connectivity index (χ2n) is 7.17. The van der Waals surface area contributed by atoms with Gasteiger partial charge in [-0.05, 0) is 56.8 Å². The molecule has 0 bridgehead atoms. The van der Waals surface area contributed by atoms with E-state index in [2.05, 4.69) is 76.4 Å². The number of anilines is 1. The van der Waals surface area contributed by atoms with Crippen LogP contribution in [0.2, 0.25) is 0 Å². The van der Waals surface area contributed by atoms with Crippen LogP contribution in [0.3, 0.4) is 0 Å². The predicted molar refractivity (Wildman–Crippen MR) is 90.4 cm³/mol. The molecule has 1 rings (SSSR count). The maximum Gasteiger partial charge on any atom is 0.0347 e. The highest BCUT2D eigenvalue weighted by atomic mass is 15.0. The quantitative estimate of drug-likeness (QED) is 0.732. The van der Waals surface area contributed by atoms with E-state index in [0.717, 1.165) is 19.4 Å². The van der Waals surface area contributed by atoms with Crippen molar-refractivity contribution < 1.29 is 0 Å². The molecule has 0 radical (unpaired) electrons. The molecule has 0 saturated heterocycles. The van der Waals surface area contributed by atoms with Crippen LogP contribution in [0.25, 0.3) is 0 Å². The smallest absolute Gasteiger partial charge is 0.0347 e. The van der Waals surface area contributed by atoms with Gasteiger partial charge in [0.1, 0.15) is 0 Å². The fraction of sp³-hybridized carbons (Fsp3) is 0.667. The third kappa shape index (κ3) is 6.95. The minimum absolute atomic E-state index is 0.109. The molecule has 0 heterocycles. The van der Waals surface area contributed by atoms with Crippen molar-refractivity contribution in [2.24, 2.45) is 5.92 Å². The average molecular weight is 276 g/mol. The maximum absolute atomic E-state index is 3.67. The van der Waals surface area contributed by atoms with Gasteiger partial charge in [-0.2, -0.15) is 0 Å². The van der Waals surface area contributed by atoms with Gasteiger partial charge in [0.05, 0.1) is 0 Å². The monoisotopic (exact) mass is 276 g/mol. The second-order valence-corrected chi connectivity index (χ2v) is 7.17. The summed E-state index contributed by atoms with van der Waals surface area (Å²) < 4.78 is 0. The predicted octanol–water partition coefficient (Wildman–Crippen LogP) is 4.46. The van der Waals surface area contributed by atoms with Crippen LogP contribution in [0.1, 0.15) is 53.5 Å². The van der Waals surface area contributed by atoms with Gasteiger partial charge in [0.15, 0.2) is 0 Å². The highest BCUT2D eigenvalue weighted by Crippen LogP contribution is 2.20. The zero-order valence-electron chi connectivity index (χ0n) is 14.1. The lowest BCUT2D eigenvalue weighted by atomic mass is 9.98. The Morgan fingerprint density at radius 3 is 2.40 bits per heavy atom. The number of hydrogen-bond acceptors (Lipinski definition) is 2. The lowest BCUT2D eigenvalue weighted by molar-refractivity contribution is 0.469. The van der Waals surface area contributed by atoms with Crippen molar-refractivity contribution >= 4 is 5.69 Å². The summed E-state index contributed by atoms with van der Waals surface area (Å²) in [6.45, 7) is 14.5. The van der Waals surface area contributed by atoms with E-state index in [9.17, 15) is 0 Å². The Bertz CT molecular complexity index is 394. The van der Waals surface area contributed by atoms with E-state index >= 15 is 0 Å². The molecule has 0 spiro atoms. The summed E-state index contributed by atoms with van der Waals surface area (Å²) in [7, 11) is 0. The highest BCUT2D eigenvalue weighted by molar-refractivity contribution is 5.47. The van der Waals surface area contributed by atoms with Crippen molar-refractivity contribution in [1.82, 2.24) is 5.32 Å². The normalized spacial score (nSPS) is 12.2. The average Bonchev–Trinajstić information content (AvgIpc) is 2.26. The van der Waals surface area contributed by atoms with E-state index < -0.39 is 0 Å². The molecular formula is C18H32N2. The first-order valence-corrected chi connectivity index (χ1v) is 7.89. The molecule has 0 aromatic heterocycles. The molecule has 0 unspecified atom stereocenters. The molecule has 0 aliphatic rings. The third-order valence-electron chi connectivity index (χ3n) is 3.36. The molecule has 0 aliphatic heterocycles. The van der Waals surface area contributed by atoms with Crippen molar-refractivity contribution in [1.29, 1.82) is 0 Å². The van der Waals surface area contributed by atoms with Gasteiger partial charge in [0.25, 0.3) is 0 Å². The van der Waals surface area contributed by atoms with Gasteiger partial charge in [0, 0.05) is 17.3 Å².